The van der Waals surface area contributed by atoms with Crippen LogP contribution < -0.4 is 15.1 Å². The number of ketones is 1. The quantitative estimate of drug-likeness (QED) is 0.644. The van der Waals surface area contributed by atoms with E-state index in [9.17, 15) is 18.0 Å². The van der Waals surface area contributed by atoms with E-state index in [0.29, 0.717) is 18.5 Å². The van der Waals surface area contributed by atoms with Gasteiger partial charge in [-0.25, -0.2) is 8.42 Å². The highest BCUT2D eigenvalue weighted by Gasteiger charge is 2.40. The molecule has 1 aromatic rings. The van der Waals surface area contributed by atoms with Crippen LogP contribution in [0.4, 0.5) is 5.69 Å². The summed E-state index contributed by atoms with van der Waals surface area (Å²) >= 11 is 0. The first-order valence-corrected chi connectivity index (χ1v) is 11.2. The zero-order valence-electron chi connectivity index (χ0n) is 16.0. The van der Waals surface area contributed by atoms with Crippen LogP contribution in [0.2, 0.25) is 0 Å². The number of rotatable bonds is 5. The van der Waals surface area contributed by atoms with Crippen molar-refractivity contribution in [2.75, 3.05) is 49.1 Å². The minimum Gasteiger partial charge on any atom is -0.360 e. The number of Topliss-reactive ketones (excluding diaryl/α,β-unsaturated/α-hetero) is 1. The molecule has 7 nitrogen and oxygen atoms in total. The van der Waals surface area contributed by atoms with Crippen LogP contribution in [0.5, 0.6) is 0 Å². The smallest absolute Gasteiger partial charge is 0.275 e. The summed E-state index contributed by atoms with van der Waals surface area (Å²) in [5.74, 6) is 0.164. The highest BCUT2D eigenvalue weighted by molar-refractivity contribution is 7.91. The zero-order chi connectivity index (χ0) is 19.7. The molecule has 2 aliphatic rings. The highest BCUT2D eigenvalue weighted by atomic mass is 32.2. The molecule has 2 saturated heterocycles. The Kier molecular flexibility index (Phi) is 5.58. The van der Waals surface area contributed by atoms with Crippen LogP contribution in [-0.2, 0) is 14.6 Å². The maximum atomic E-state index is 12.4. The van der Waals surface area contributed by atoms with E-state index in [1.54, 1.807) is 6.92 Å². The van der Waals surface area contributed by atoms with E-state index < -0.39 is 15.4 Å². The lowest BCUT2D eigenvalue weighted by Gasteiger charge is -2.34. The van der Waals surface area contributed by atoms with Gasteiger partial charge >= 0.3 is 0 Å². The first-order valence-electron chi connectivity index (χ1n) is 9.37. The number of piperazine rings is 1. The Labute approximate surface area is 160 Å². The summed E-state index contributed by atoms with van der Waals surface area (Å²) in [6.45, 7) is 7.11. The van der Waals surface area contributed by atoms with Crippen molar-refractivity contribution >= 4 is 27.2 Å². The summed E-state index contributed by atoms with van der Waals surface area (Å²) in [7, 11) is -3.03. The van der Waals surface area contributed by atoms with E-state index in [1.165, 1.54) is 4.90 Å². The van der Waals surface area contributed by atoms with Gasteiger partial charge in [-0.1, -0.05) is 0 Å². The number of hydrogen-bond donors (Lipinski definition) is 2. The zero-order valence-corrected chi connectivity index (χ0v) is 16.8. The summed E-state index contributed by atoms with van der Waals surface area (Å²) in [5.41, 5.74) is 1.17. The van der Waals surface area contributed by atoms with Crippen LogP contribution in [0, 0.1) is 0 Å². The van der Waals surface area contributed by atoms with Crippen LogP contribution in [-0.4, -0.2) is 69.9 Å². The number of sulfone groups is 1. The predicted octanol–water partition coefficient (Wildman–Crippen LogP) is -0.712. The third kappa shape index (κ3) is 5.07. The molecule has 1 atom stereocenters. The highest BCUT2D eigenvalue weighted by Crippen LogP contribution is 2.22. The summed E-state index contributed by atoms with van der Waals surface area (Å²) in [5, 5.41) is 2.93. The lowest BCUT2D eigenvalue weighted by molar-refractivity contribution is -0.892. The van der Waals surface area contributed by atoms with Crippen LogP contribution in [0.3, 0.4) is 0 Å². The van der Waals surface area contributed by atoms with Gasteiger partial charge in [-0.05, 0) is 44.5 Å². The molecule has 0 spiro atoms. The molecule has 1 amide bonds. The molecule has 3 rings (SSSR count). The third-order valence-corrected chi connectivity index (χ3v) is 7.37. The second-order valence-corrected chi connectivity index (χ2v) is 10.2. The van der Waals surface area contributed by atoms with Crippen molar-refractivity contribution in [1.82, 2.24) is 5.32 Å². The van der Waals surface area contributed by atoms with Gasteiger partial charge in [0, 0.05) is 11.3 Å². The molecule has 8 heteroatoms. The maximum absolute atomic E-state index is 12.4. The molecule has 0 saturated carbocycles. The largest absolute Gasteiger partial charge is 0.360 e. The average Bonchev–Trinajstić information content (AvgIpc) is 2.88. The molecule has 0 radical (unpaired) electrons. The van der Waals surface area contributed by atoms with E-state index in [2.05, 4.69) is 10.2 Å². The molecular weight excluding hydrogens is 366 g/mol. The van der Waals surface area contributed by atoms with Gasteiger partial charge in [0.05, 0.1) is 43.2 Å². The van der Waals surface area contributed by atoms with Gasteiger partial charge in [0.15, 0.2) is 22.2 Å². The molecule has 2 heterocycles. The number of benzene rings is 1. The minimum atomic E-state index is -3.03. The van der Waals surface area contributed by atoms with Crippen molar-refractivity contribution in [1.29, 1.82) is 0 Å². The van der Waals surface area contributed by atoms with Gasteiger partial charge < -0.3 is 15.1 Å². The molecule has 2 fully saturated rings. The number of carbonyl (C=O) groups excluding carboxylic acids is 2. The van der Waals surface area contributed by atoms with Crippen molar-refractivity contribution in [3.63, 3.8) is 0 Å². The van der Waals surface area contributed by atoms with E-state index in [1.807, 2.05) is 31.2 Å². The molecule has 0 unspecified atom stereocenters. The van der Waals surface area contributed by atoms with E-state index in [0.717, 1.165) is 31.9 Å². The van der Waals surface area contributed by atoms with Gasteiger partial charge in [0.2, 0.25) is 0 Å². The SMILES string of the molecule is CC(=O)c1ccc(N2CC[NH+](CC(=O)N[C@]3(C)CCS(=O)(=O)C3)CC2)cc1. The molecule has 148 valence electrons. The Hall–Kier alpha value is -1.93. The Bertz CT molecular complexity index is 814. The normalized spacial score (nSPS) is 25.3. The molecular formula is C19H28N3O4S+. The number of nitrogens with one attached hydrogen (secondary N) is 2. The molecule has 0 aromatic heterocycles. The molecule has 1 aromatic carbocycles. The standard InChI is InChI=1S/C19H27N3O4S/c1-15(23)16-3-5-17(6-4-16)22-10-8-21(9-11-22)13-18(24)20-19(2)7-12-27(25,26)14-19/h3-6H,7-14H2,1-2H3,(H,20,24)/p+1/t19-/m1/s1. The first-order chi connectivity index (χ1) is 12.7. The van der Waals surface area contributed by atoms with Crippen LogP contribution in [0.15, 0.2) is 24.3 Å². The van der Waals surface area contributed by atoms with Crippen molar-refractivity contribution in [2.24, 2.45) is 0 Å². The fraction of sp³-hybridized carbons (Fsp3) is 0.579. The summed E-state index contributed by atoms with van der Waals surface area (Å²) in [6, 6.07) is 7.63. The topological polar surface area (TPSA) is 88.0 Å². The van der Waals surface area contributed by atoms with Crippen molar-refractivity contribution in [2.45, 2.75) is 25.8 Å². The Morgan fingerprint density at radius 3 is 2.33 bits per heavy atom. The van der Waals surface area contributed by atoms with Crippen molar-refractivity contribution in [3.05, 3.63) is 29.8 Å². The van der Waals surface area contributed by atoms with E-state index in [4.69, 9.17) is 0 Å². The lowest BCUT2D eigenvalue weighted by Crippen LogP contribution is -3.16. The van der Waals surface area contributed by atoms with Crippen LogP contribution in [0.25, 0.3) is 0 Å². The number of hydrogen-bond acceptors (Lipinski definition) is 5. The number of nitrogens with zero attached hydrogens (tertiary/aromatic N) is 1. The van der Waals surface area contributed by atoms with E-state index >= 15 is 0 Å². The Morgan fingerprint density at radius 1 is 1.19 bits per heavy atom. The van der Waals surface area contributed by atoms with Gasteiger partial charge in [0.25, 0.3) is 5.91 Å². The number of quaternary nitrogens is 1. The Morgan fingerprint density at radius 2 is 1.81 bits per heavy atom. The van der Waals surface area contributed by atoms with Crippen LogP contribution >= 0.6 is 0 Å². The van der Waals surface area contributed by atoms with Gasteiger partial charge in [-0.3, -0.25) is 9.59 Å². The second kappa shape index (κ2) is 7.59. The summed E-state index contributed by atoms with van der Waals surface area (Å²) in [6.07, 6.45) is 0.487. The van der Waals surface area contributed by atoms with Gasteiger partial charge in [-0.15, -0.1) is 0 Å². The first kappa shape index (κ1) is 19.8. The molecule has 2 aliphatic heterocycles. The maximum Gasteiger partial charge on any atom is 0.275 e. The average molecular weight is 395 g/mol. The lowest BCUT2D eigenvalue weighted by atomic mass is 10.0. The molecule has 0 bridgehead atoms. The number of anilines is 1. The van der Waals surface area contributed by atoms with Crippen molar-refractivity contribution in [3.8, 4) is 0 Å². The monoisotopic (exact) mass is 394 g/mol. The fourth-order valence-electron chi connectivity index (χ4n) is 3.88. The minimum absolute atomic E-state index is 0.0328. The van der Waals surface area contributed by atoms with Gasteiger partial charge in [-0.2, -0.15) is 0 Å². The number of carbonyl (C=O) groups is 2. The van der Waals surface area contributed by atoms with Gasteiger partial charge in [0.1, 0.15) is 0 Å². The molecule has 0 aliphatic carbocycles. The predicted molar refractivity (Wildman–Crippen MR) is 104 cm³/mol. The molecule has 27 heavy (non-hydrogen) atoms. The Balaban J connectivity index is 1.48. The van der Waals surface area contributed by atoms with E-state index in [-0.39, 0.29) is 23.2 Å². The number of amides is 1. The summed E-state index contributed by atoms with van der Waals surface area (Å²) in [4.78, 5) is 27.2. The molecule has 2 N–H and O–H groups in total. The summed E-state index contributed by atoms with van der Waals surface area (Å²) < 4.78 is 23.3. The third-order valence-electron chi connectivity index (χ3n) is 5.46. The van der Waals surface area contributed by atoms with Crippen LogP contribution in [0.1, 0.15) is 30.6 Å². The van der Waals surface area contributed by atoms with Crippen molar-refractivity contribution < 1.29 is 22.9 Å². The second-order valence-electron chi connectivity index (χ2n) is 7.97. The fourth-order valence-corrected chi connectivity index (χ4v) is 5.97.